The smallest absolute Gasteiger partial charge is 0.254 e. The number of amides is 1. The number of rotatable bonds is 5. The molecular formula is C25H32N4O2. The molecular weight excluding hydrogens is 388 g/mol. The first-order valence-corrected chi connectivity index (χ1v) is 11.2. The molecule has 1 amide bonds. The van der Waals surface area contributed by atoms with E-state index in [9.17, 15) is 9.59 Å². The van der Waals surface area contributed by atoms with Gasteiger partial charge in [0.2, 0.25) is 0 Å². The Labute approximate surface area is 183 Å². The zero-order valence-electron chi connectivity index (χ0n) is 18.8. The lowest BCUT2D eigenvalue weighted by molar-refractivity contribution is 0.0951. The molecule has 1 atom stereocenters. The van der Waals surface area contributed by atoms with Crippen molar-refractivity contribution >= 4 is 16.8 Å². The van der Waals surface area contributed by atoms with E-state index in [1.165, 1.54) is 0 Å². The third-order valence-electron chi connectivity index (χ3n) is 6.78. The van der Waals surface area contributed by atoms with E-state index >= 15 is 0 Å². The molecule has 0 saturated carbocycles. The van der Waals surface area contributed by atoms with Crippen LogP contribution in [-0.2, 0) is 6.54 Å². The second-order valence-electron chi connectivity index (χ2n) is 8.80. The Balaban J connectivity index is 1.67. The highest BCUT2D eigenvalue weighted by Gasteiger charge is 2.27. The van der Waals surface area contributed by atoms with Crippen molar-refractivity contribution in [2.24, 2.45) is 5.92 Å². The van der Waals surface area contributed by atoms with Crippen molar-refractivity contribution in [3.8, 4) is 0 Å². The Morgan fingerprint density at radius 3 is 2.61 bits per heavy atom. The van der Waals surface area contributed by atoms with Crippen LogP contribution in [0.3, 0.4) is 0 Å². The predicted octanol–water partition coefficient (Wildman–Crippen LogP) is 3.75. The van der Waals surface area contributed by atoms with E-state index < -0.39 is 0 Å². The molecule has 3 aromatic rings. The molecule has 1 saturated heterocycles. The monoisotopic (exact) mass is 420 g/mol. The molecule has 0 unspecified atom stereocenters. The summed E-state index contributed by atoms with van der Waals surface area (Å²) >= 11 is 0. The molecule has 0 radical (unpaired) electrons. The van der Waals surface area contributed by atoms with Gasteiger partial charge in [0.15, 0.2) is 0 Å². The Morgan fingerprint density at radius 1 is 1.19 bits per heavy atom. The fourth-order valence-electron chi connectivity index (χ4n) is 5.10. The van der Waals surface area contributed by atoms with E-state index in [1.807, 2.05) is 45.0 Å². The van der Waals surface area contributed by atoms with Gasteiger partial charge in [-0.05, 0) is 77.2 Å². The van der Waals surface area contributed by atoms with Gasteiger partial charge in [-0.2, -0.15) is 0 Å². The Hall–Kier alpha value is -2.86. The number of piperidine rings is 1. The molecule has 31 heavy (non-hydrogen) atoms. The number of H-pyrrole nitrogens is 1. The summed E-state index contributed by atoms with van der Waals surface area (Å²) in [4.78, 5) is 28.5. The maximum absolute atomic E-state index is 13.3. The summed E-state index contributed by atoms with van der Waals surface area (Å²) in [6, 6.07) is 10.4. The molecule has 0 spiro atoms. The summed E-state index contributed by atoms with van der Waals surface area (Å²) in [5, 5.41) is 7.40. The summed E-state index contributed by atoms with van der Waals surface area (Å²) in [6.07, 6.45) is 2.29. The highest BCUT2D eigenvalue weighted by atomic mass is 16.2. The first-order chi connectivity index (χ1) is 14.9. The van der Waals surface area contributed by atoms with Crippen molar-refractivity contribution < 1.29 is 4.79 Å². The van der Waals surface area contributed by atoms with Gasteiger partial charge in [-0.1, -0.05) is 18.2 Å². The topological polar surface area (TPSA) is 78.9 Å². The maximum atomic E-state index is 13.3. The van der Waals surface area contributed by atoms with Crippen LogP contribution in [0.5, 0.6) is 0 Å². The van der Waals surface area contributed by atoms with Crippen molar-refractivity contribution in [1.29, 1.82) is 0 Å². The maximum Gasteiger partial charge on any atom is 0.254 e. The van der Waals surface area contributed by atoms with E-state index in [1.54, 1.807) is 0 Å². The Kier molecular flexibility index (Phi) is 6.01. The number of fused-ring (bicyclic) bond motifs is 1. The van der Waals surface area contributed by atoms with Gasteiger partial charge in [0.1, 0.15) is 0 Å². The number of carbonyl (C=O) groups is 1. The molecule has 1 fully saturated rings. The molecule has 3 heterocycles. The lowest BCUT2D eigenvalue weighted by atomic mass is 9.91. The van der Waals surface area contributed by atoms with Crippen molar-refractivity contribution in [3.63, 3.8) is 0 Å². The average Bonchev–Trinajstić information content (AvgIpc) is 3.04. The van der Waals surface area contributed by atoms with Crippen LogP contribution in [0, 0.1) is 26.7 Å². The van der Waals surface area contributed by atoms with E-state index in [-0.39, 0.29) is 18.0 Å². The molecule has 1 aliphatic rings. The van der Waals surface area contributed by atoms with Crippen LogP contribution in [0.2, 0.25) is 0 Å². The number of pyridine rings is 1. The standard InChI is InChI=1S/C25H32N4O2/c1-15-13-16(2)28-24(30)21(15)14-27-25(31)23-18(4)29(22-8-6-5-7-20(22)23)17(3)19-9-11-26-12-10-19/h5-8,13,17,19,26H,9-12,14H2,1-4H3,(H,27,31)(H,28,30)/t17-/m0/s1. The third-order valence-corrected chi connectivity index (χ3v) is 6.78. The molecule has 3 N–H and O–H groups in total. The molecule has 164 valence electrons. The van der Waals surface area contributed by atoms with Crippen molar-refractivity contribution in [3.05, 3.63) is 68.8 Å². The highest BCUT2D eigenvalue weighted by molar-refractivity contribution is 6.08. The first kappa shape index (κ1) is 21.4. The van der Waals surface area contributed by atoms with E-state index in [0.29, 0.717) is 23.1 Å². The van der Waals surface area contributed by atoms with Gasteiger partial charge >= 0.3 is 0 Å². The van der Waals surface area contributed by atoms with Gasteiger partial charge in [-0.3, -0.25) is 9.59 Å². The summed E-state index contributed by atoms with van der Waals surface area (Å²) < 4.78 is 2.34. The van der Waals surface area contributed by atoms with Crippen LogP contribution >= 0.6 is 0 Å². The normalized spacial score (nSPS) is 15.9. The third kappa shape index (κ3) is 4.04. The molecule has 6 nitrogen and oxygen atoms in total. The molecule has 0 bridgehead atoms. The minimum absolute atomic E-state index is 0.135. The zero-order chi connectivity index (χ0) is 22.1. The zero-order valence-corrected chi connectivity index (χ0v) is 18.8. The van der Waals surface area contributed by atoms with Crippen LogP contribution in [0.15, 0.2) is 35.1 Å². The largest absolute Gasteiger partial charge is 0.348 e. The summed E-state index contributed by atoms with van der Waals surface area (Å²) in [5.41, 5.74) is 4.96. The van der Waals surface area contributed by atoms with Crippen LogP contribution in [-0.4, -0.2) is 28.5 Å². The van der Waals surface area contributed by atoms with E-state index in [2.05, 4.69) is 33.2 Å². The number of nitrogens with zero attached hydrogens (tertiary/aromatic N) is 1. The van der Waals surface area contributed by atoms with Crippen LogP contribution in [0.1, 0.15) is 58.7 Å². The van der Waals surface area contributed by atoms with Gasteiger partial charge in [0.05, 0.1) is 5.56 Å². The van der Waals surface area contributed by atoms with Crippen LogP contribution in [0.25, 0.3) is 10.9 Å². The second-order valence-corrected chi connectivity index (χ2v) is 8.80. The number of benzene rings is 1. The van der Waals surface area contributed by atoms with Gasteiger partial charge in [-0.15, -0.1) is 0 Å². The lowest BCUT2D eigenvalue weighted by Crippen LogP contribution is -2.32. The number of nitrogens with one attached hydrogen (secondary N) is 3. The number of aromatic nitrogens is 2. The Morgan fingerprint density at radius 2 is 1.90 bits per heavy atom. The van der Waals surface area contributed by atoms with Crippen molar-refractivity contribution in [2.75, 3.05) is 13.1 Å². The number of hydrogen-bond donors (Lipinski definition) is 3. The Bertz CT molecular complexity index is 1170. The quantitative estimate of drug-likeness (QED) is 0.588. The number of carbonyl (C=O) groups excluding carboxylic acids is 1. The molecule has 0 aliphatic carbocycles. The van der Waals surface area contributed by atoms with Gasteiger partial charge < -0.3 is 20.2 Å². The lowest BCUT2D eigenvalue weighted by Gasteiger charge is -2.30. The van der Waals surface area contributed by atoms with Gasteiger partial charge in [0, 0.05) is 40.4 Å². The average molecular weight is 421 g/mol. The van der Waals surface area contributed by atoms with Crippen LogP contribution < -0.4 is 16.2 Å². The number of aromatic amines is 1. The SMILES string of the molecule is Cc1cc(C)c(CNC(=O)c2c(C)n([C@@H](C)C3CCNCC3)c3ccccc23)c(=O)[nH]1. The van der Waals surface area contributed by atoms with Gasteiger partial charge in [0.25, 0.3) is 11.5 Å². The van der Waals surface area contributed by atoms with Crippen molar-refractivity contribution in [2.45, 2.75) is 53.1 Å². The first-order valence-electron chi connectivity index (χ1n) is 11.2. The summed E-state index contributed by atoms with van der Waals surface area (Å²) in [5.74, 6) is 0.449. The van der Waals surface area contributed by atoms with E-state index in [0.717, 1.165) is 53.8 Å². The van der Waals surface area contributed by atoms with Crippen LogP contribution in [0.4, 0.5) is 0 Å². The molecule has 1 aromatic carbocycles. The number of aryl methyl sites for hydroxylation is 2. The highest BCUT2D eigenvalue weighted by Crippen LogP contribution is 2.34. The van der Waals surface area contributed by atoms with E-state index in [4.69, 9.17) is 0 Å². The minimum Gasteiger partial charge on any atom is -0.348 e. The predicted molar refractivity (Wildman–Crippen MR) is 125 cm³/mol. The number of hydrogen-bond acceptors (Lipinski definition) is 3. The molecule has 2 aromatic heterocycles. The fourth-order valence-corrected chi connectivity index (χ4v) is 5.10. The molecule has 4 rings (SSSR count). The van der Waals surface area contributed by atoms with Crippen molar-refractivity contribution in [1.82, 2.24) is 20.2 Å². The minimum atomic E-state index is -0.142. The van der Waals surface area contributed by atoms with Gasteiger partial charge in [-0.25, -0.2) is 0 Å². The molecule has 6 heteroatoms. The summed E-state index contributed by atoms with van der Waals surface area (Å²) in [7, 11) is 0. The fraction of sp³-hybridized carbons (Fsp3) is 0.440. The number of para-hydroxylation sites is 1. The molecule has 1 aliphatic heterocycles. The second kappa shape index (κ2) is 8.71. The summed E-state index contributed by atoms with van der Waals surface area (Å²) in [6.45, 7) is 10.4.